The molecule has 0 radical (unpaired) electrons. The zero-order chi connectivity index (χ0) is 17.2. The van der Waals surface area contributed by atoms with Crippen LogP contribution >= 0.6 is 0 Å². The van der Waals surface area contributed by atoms with E-state index >= 15 is 0 Å². The summed E-state index contributed by atoms with van der Waals surface area (Å²) in [6.07, 6.45) is 2.18. The lowest BCUT2D eigenvalue weighted by Gasteiger charge is -2.01. The molecule has 0 rings (SSSR count). The molecular weight excluding hydrogens is 296 g/mol. The summed E-state index contributed by atoms with van der Waals surface area (Å²) in [5.74, 6) is 9.81. The Kier molecular flexibility index (Phi) is 13.4. The van der Waals surface area contributed by atoms with Crippen molar-refractivity contribution in [2.24, 2.45) is 0 Å². The number of hydrogen-bond donors (Lipinski definition) is 0. The topological polar surface area (TPSA) is 100 Å². The summed E-state index contributed by atoms with van der Waals surface area (Å²) in [4.78, 5) is 22.7. The highest BCUT2D eigenvalue weighted by Gasteiger charge is 2.06. The summed E-state index contributed by atoms with van der Waals surface area (Å²) < 4.78 is 9.69. The van der Waals surface area contributed by atoms with Crippen LogP contribution in [0.3, 0.4) is 0 Å². The number of rotatable bonds is 8. The van der Waals surface area contributed by atoms with Crippen molar-refractivity contribution < 1.29 is 19.1 Å². The molecule has 23 heavy (non-hydrogen) atoms. The Bertz CT molecular complexity index is 524. The third kappa shape index (κ3) is 15.3. The SMILES string of the molecule is N#CCCC#CCOC(=O)CCCC(=O)OCC#CCCC#N. The summed E-state index contributed by atoms with van der Waals surface area (Å²) in [5, 5.41) is 16.6. The Morgan fingerprint density at radius 2 is 1.13 bits per heavy atom. The van der Waals surface area contributed by atoms with Gasteiger partial charge < -0.3 is 9.47 Å². The molecule has 0 aliphatic rings. The zero-order valence-electron chi connectivity index (χ0n) is 12.9. The monoisotopic (exact) mass is 314 g/mol. The van der Waals surface area contributed by atoms with Gasteiger partial charge in [-0.3, -0.25) is 9.59 Å². The van der Waals surface area contributed by atoms with Crippen molar-refractivity contribution in [2.75, 3.05) is 13.2 Å². The van der Waals surface area contributed by atoms with Gasteiger partial charge in [0.25, 0.3) is 0 Å². The van der Waals surface area contributed by atoms with Gasteiger partial charge in [0.1, 0.15) is 0 Å². The molecule has 6 heteroatoms. The summed E-state index contributed by atoms with van der Waals surface area (Å²) in [6.45, 7) is -0.0139. The van der Waals surface area contributed by atoms with Crippen LogP contribution in [0.25, 0.3) is 0 Å². The minimum atomic E-state index is -0.427. The van der Waals surface area contributed by atoms with Crippen LogP contribution in [0.4, 0.5) is 0 Å². The molecule has 0 aliphatic heterocycles. The van der Waals surface area contributed by atoms with Gasteiger partial charge in [-0.05, 0) is 6.42 Å². The summed E-state index contributed by atoms with van der Waals surface area (Å²) >= 11 is 0. The molecule has 0 aromatic carbocycles. The first-order chi connectivity index (χ1) is 11.2. The van der Waals surface area contributed by atoms with E-state index in [1.807, 2.05) is 12.1 Å². The number of nitrogens with zero attached hydrogens (tertiary/aromatic N) is 2. The first-order valence-electron chi connectivity index (χ1n) is 7.17. The van der Waals surface area contributed by atoms with E-state index in [1.165, 1.54) is 0 Å². The highest BCUT2D eigenvalue weighted by molar-refractivity contribution is 5.72. The molecule has 0 atom stereocenters. The number of hydrogen-bond acceptors (Lipinski definition) is 6. The molecule has 0 unspecified atom stereocenters. The molecule has 0 aromatic rings. The molecule has 0 heterocycles. The normalized spacial score (nSPS) is 8.26. The Hall–Kier alpha value is -2.96. The average molecular weight is 314 g/mol. The van der Waals surface area contributed by atoms with Crippen LogP contribution < -0.4 is 0 Å². The van der Waals surface area contributed by atoms with Gasteiger partial charge in [-0.2, -0.15) is 10.5 Å². The first kappa shape index (κ1) is 20.0. The number of ether oxygens (including phenoxy) is 2. The van der Waals surface area contributed by atoms with Crippen LogP contribution in [0.5, 0.6) is 0 Å². The lowest BCUT2D eigenvalue weighted by Crippen LogP contribution is -2.08. The van der Waals surface area contributed by atoms with Crippen molar-refractivity contribution in [1.29, 1.82) is 10.5 Å². The van der Waals surface area contributed by atoms with Gasteiger partial charge in [-0.25, -0.2) is 0 Å². The molecule has 0 aliphatic carbocycles. The minimum absolute atomic E-state index is 0.00695. The number of nitriles is 2. The molecule has 120 valence electrons. The predicted octanol–water partition coefficient (Wildman–Crippen LogP) is 1.86. The predicted molar refractivity (Wildman–Crippen MR) is 81.0 cm³/mol. The molecule has 0 spiro atoms. The molecule has 0 amide bonds. The highest BCUT2D eigenvalue weighted by Crippen LogP contribution is 1.99. The Morgan fingerprint density at radius 3 is 1.52 bits per heavy atom. The van der Waals surface area contributed by atoms with Crippen LogP contribution in [-0.4, -0.2) is 25.2 Å². The second kappa shape index (κ2) is 15.4. The Labute approximate surface area is 136 Å². The lowest BCUT2D eigenvalue weighted by molar-refractivity contribution is -0.144. The second-order valence-corrected chi connectivity index (χ2v) is 4.20. The van der Waals surface area contributed by atoms with E-state index in [0.29, 0.717) is 32.1 Å². The van der Waals surface area contributed by atoms with E-state index < -0.39 is 11.9 Å². The van der Waals surface area contributed by atoms with Gasteiger partial charge in [-0.1, -0.05) is 23.7 Å². The van der Waals surface area contributed by atoms with E-state index in [2.05, 4.69) is 23.7 Å². The van der Waals surface area contributed by atoms with Crippen LogP contribution in [0.1, 0.15) is 44.9 Å². The van der Waals surface area contributed by atoms with Crippen LogP contribution in [-0.2, 0) is 19.1 Å². The number of esters is 2. The van der Waals surface area contributed by atoms with E-state index in [-0.39, 0.29) is 26.1 Å². The molecule has 0 bridgehead atoms. The Balaban J connectivity index is 3.60. The largest absolute Gasteiger partial charge is 0.452 e. The molecule has 0 fully saturated rings. The standard InChI is InChI=1S/C17H18N2O4/c18-12-5-1-3-7-14-22-16(20)10-9-11-17(21)23-15-8-4-2-6-13-19/h1-2,5-6,9-11,14-15H2. The molecule has 0 aromatic heterocycles. The van der Waals surface area contributed by atoms with Crippen molar-refractivity contribution >= 4 is 11.9 Å². The fraction of sp³-hybridized carbons (Fsp3) is 0.529. The van der Waals surface area contributed by atoms with Crippen molar-refractivity contribution in [2.45, 2.75) is 44.9 Å². The molecular formula is C17H18N2O4. The van der Waals surface area contributed by atoms with E-state index in [4.69, 9.17) is 20.0 Å². The molecule has 0 N–H and O–H groups in total. The maximum atomic E-state index is 11.3. The average Bonchev–Trinajstić information content (AvgIpc) is 2.54. The van der Waals surface area contributed by atoms with Crippen molar-refractivity contribution in [3.63, 3.8) is 0 Å². The maximum absolute atomic E-state index is 11.3. The van der Waals surface area contributed by atoms with Crippen LogP contribution in [0.15, 0.2) is 0 Å². The molecule has 0 saturated carbocycles. The van der Waals surface area contributed by atoms with Crippen molar-refractivity contribution in [1.82, 2.24) is 0 Å². The molecule has 0 saturated heterocycles. The van der Waals surface area contributed by atoms with Gasteiger partial charge in [0.2, 0.25) is 0 Å². The smallest absolute Gasteiger partial charge is 0.306 e. The van der Waals surface area contributed by atoms with E-state index in [1.54, 1.807) is 0 Å². The number of carbonyl (C=O) groups excluding carboxylic acids is 2. The second-order valence-electron chi connectivity index (χ2n) is 4.20. The van der Waals surface area contributed by atoms with Crippen molar-refractivity contribution in [3.05, 3.63) is 0 Å². The third-order valence-electron chi connectivity index (χ3n) is 2.35. The summed E-state index contributed by atoms with van der Waals surface area (Å²) in [5.41, 5.74) is 0. The van der Waals surface area contributed by atoms with Gasteiger partial charge in [0.05, 0.1) is 12.1 Å². The van der Waals surface area contributed by atoms with E-state index in [0.717, 1.165) is 0 Å². The number of unbranched alkanes of at least 4 members (excludes halogenated alkanes) is 2. The highest BCUT2D eigenvalue weighted by atomic mass is 16.5. The quantitative estimate of drug-likeness (QED) is 0.385. The fourth-order valence-electron chi connectivity index (χ4n) is 1.27. The van der Waals surface area contributed by atoms with Gasteiger partial charge >= 0.3 is 11.9 Å². The summed E-state index contributed by atoms with van der Waals surface area (Å²) in [7, 11) is 0. The fourth-order valence-corrected chi connectivity index (χ4v) is 1.27. The maximum Gasteiger partial charge on any atom is 0.306 e. The van der Waals surface area contributed by atoms with Gasteiger partial charge in [-0.15, -0.1) is 0 Å². The van der Waals surface area contributed by atoms with Gasteiger partial charge in [0.15, 0.2) is 13.2 Å². The van der Waals surface area contributed by atoms with Crippen LogP contribution in [0, 0.1) is 46.3 Å². The minimum Gasteiger partial charge on any atom is -0.452 e. The van der Waals surface area contributed by atoms with Crippen LogP contribution in [0.2, 0.25) is 0 Å². The molecule has 6 nitrogen and oxygen atoms in total. The van der Waals surface area contributed by atoms with Crippen molar-refractivity contribution in [3.8, 4) is 35.8 Å². The lowest BCUT2D eigenvalue weighted by atomic mass is 10.2. The third-order valence-corrected chi connectivity index (χ3v) is 2.35. The van der Waals surface area contributed by atoms with E-state index in [9.17, 15) is 9.59 Å². The zero-order valence-corrected chi connectivity index (χ0v) is 12.9. The number of carbonyl (C=O) groups is 2. The first-order valence-corrected chi connectivity index (χ1v) is 7.17. The summed E-state index contributed by atoms with van der Waals surface area (Å²) in [6, 6.07) is 3.92. The van der Waals surface area contributed by atoms with Gasteiger partial charge in [0, 0.05) is 38.5 Å². The Morgan fingerprint density at radius 1 is 0.696 bits per heavy atom.